The summed E-state index contributed by atoms with van der Waals surface area (Å²) in [5.74, 6) is -0.0915. The highest BCUT2D eigenvalue weighted by Crippen LogP contribution is 2.36. The Morgan fingerprint density at radius 3 is 2.32 bits per heavy atom. The van der Waals surface area contributed by atoms with Gasteiger partial charge in [0.25, 0.3) is 0 Å². The van der Waals surface area contributed by atoms with E-state index in [2.05, 4.69) is 0 Å². The van der Waals surface area contributed by atoms with Crippen LogP contribution in [0.25, 0.3) is 0 Å². The summed E-state index contributed by atoms with van der Waals surface area (Å²) in [5, 5.41) is 18.2. The summed E-state index contributed by atoms with van der Waals surface area (Å²) in [6, 6.07) is 7.42. The Kier molecular flexibility index (Phi) is 3.31. The molecule has 0 radical (unpaired) electrons. The summed E-state index contributed by atoms with van der Waals surface area (Å²) in [5.41, 5.74) is 1.85. The molecule has 0 aromatic heterocycles. The Labute approximate surface area is 113 Å². The van der Waals surface area contributed by atoms with Crippen LogP contribution in [0.5, 0.6) is 0 Å². The molecule has 19 heavy (non-hydrogen) atoms. The van der Waals surface area contributed by atoms with E-state index in [4.69, 9.17) is 5.41 Å². The van der Waals surface area contributed by atoms with Crippen LogP contribution in [0, 0.1) is 17.7 Å². The molecule has 0 fully saturated rings. The van der Waals surface area contributed by atoms with Crippen LogP contribution in [-0.2, 0) is 4.79 Å². The van der Waals surface area contributed by atoms with Gasteiger partial charge in [-0.25, -0.2) is 0 Å². The number of carbonyl (C=O) groups excluding carboxylic acids is 1. The van der Waals surface area contributed by atoms with E-state index in [9.17, 15) is 9.90 Å². The number of hydrogen-bond donors (Lipinski definition) is 2. The SMILES string of the molecule is Cc1ccc(C(=N)C2=C(O)CC(C)(C)CC2=O)cc1. The van der Waals surface area contributed by atoms with Crippen molar-refractivity contribution in [2.45, 2.75) is 33.6 Å². The van der Waals surface area contributed by atoms with E-state index in [0.717, 1.165) is 5.56 Å². The van der Waals surface area contributed by atoms with Gasteiger partial charge in [-0.05, 0) is 12.3 Å². The first-order valence-corrected chi connectivity index (χ1v) is 6.41. The first-order chi connectivity index (χ1) is 8.80. The number of aryl methyl sites for hydroxylation is 1. The second-order valence-corrected chi connectivity index (χ2v) is 6.00. The van der Waals surface area contributed by atoms with Crippen molar-refractivity contribution in [1.29, 1.82) is 5.41 Å². The molecule has 0 aliphatic heterocycles. The topological polar surface area (TPSA) is 61.1 Å². The van der Waals surface area contributed by atoms with Gasteiger partial charge in [-0.3, -0.25) is 10.2 Å². The summed E-state index contributed by atoms with van der Waals surface area (Å²) in [4.78, 5) is 12.1. The molecule has 0 bridgehead atoms. The zero-order valence-electron chi connectivity index (χ0n) is 11.6. The number of carbonyl (C=O) groups is 1. The summed E-state index contributed by atoms with van der Waals surface area (Å²) < 4.78 is 0. The fraction of sp³-hybridized carbons (Fsp3) is 0.375. The maximum absolute atomic E-state index is 12.1. The molecule has 100 valence electrons. The Balaban J connectivity index is 2.38. The lowest BCUT2D eigenvalue weighted by molar-refractivity contribution is -0.117. The van der Waals surface area contributed by atoms with Gasteiger partial charge < -0.3 is 5.11 Å². The number of aliphatic hydroxyl groups is 1. The third kappa shape index (κ3) is 2.75. The number of allylic oxidation sites excluding steroid dienone is 2. The third-order valence-corrected chi connectivity index (χ3v) is 3.44. The molecule has 0 atom stereocenters. The lowest BCUT2D eigenvalue weighted by Crippen LogP contribution is -2.29. The first kappa shape index (κ1) is 13.5. The molecule has 0 spiro atoms. The molecule has 0 saturated carbocycles. The van der Waals surface area contributed by atoms with Crippen LogP contribution in [0.2, 0.25) is 0 Å². The van der Waals surface area contributed by atoms with Gasteiger partial charge in [0.1, 0.15) is 5.76 Å². The quantitative estimate of drug-likeness (QED) is 0.796. The van der Waals surface area contributed by atoms with Crippen LogP contribution in [0.1, 0.15) is 37.8 Å². The summed E-state index contributed by atoms with van der Waals surface area (Å²) in [6.07, 6.45) is 0.822. The van der Waals surface area contributed by atoms with Crippen molar-refractivity contribution in [3.63, 3.8) is 0 Å². The van der Waals surface area contributed by atoms with E-state index in [-0.39, 0.29) is 28.2 Å². The molecule has 2 N–H and O–H groups in total. The highest BCUT2D eigenvalue weighted by molar-refractivity contribution is 6.28. The average molecular weight is 257 g/mol. The highest BCUT2D eigenvalue weighted by atomic mass is 16.3. The minimum Gasteiger partial charge on any atom is -0.511 e. The van der Waals surface area contributed by atoms with Crippen LogP contribution in [0.15, 0.2) is 35.6 Å². The summed E-state index contributed by atoms with van der Waals surface area (Å²) >= 11 is 0. The molecule has 0 heterocycles. The number of rotatable bonds is 2. The predicted octanol–water partition coefficient (Wildman–Crippen LogP) is 3.56. The highest BCUT2D eigenvalue weighted by Gasteiger charge is 2.34. The second-order valence-electron chi connectivity index (χ2n) is 6.00. The van der Waals surface area contributed by atoms with Gasteiger partial charge >= 0.3 is 0 Å². The summed E-state index contributed by atoms with van der Waals surface area (Å²) in [6.45, 7) is 5.87. The van der Waals surface area contributed by atoms with Crippen molar-refractivity contribution in [3.8, 4) is 0 Å². The zero-order valence-corrected chi connectivity index (χ0v) is 11.6. The predicted molar refractivity (Wildman–Crippen MR) is 75.7 cm³/mol. The summed E-state index contributed by atoms with van der Waals surface area (Å²) in [7, 11) is 0. The zero-order chi connectivity index (χ0) is 14.2. The van der Waals surface area contributed by atoms with E-state index in [1.807, 2.05) is 45.0 Å². The van der Waals surface area contributed by atoms with Gasteiger partial charge in [0, 0.05) is 18.4 Å². The second kappa shape index (κ2) is 4.65. The van der Waals surface area contributed by atoms with Crippen molar-refractivity contribution in [3.05, 3.63) is 46.7 Å². The van der Waals surface area contributed by atoms with E-state index in [1.54, 1.807) is 0 Å². The Morgan fingerprint density at radius 1 is 1.21 bits per heavy atom. The fourth-order valence-corrected chi connectivity index (χ4v) is 2.44. The third-order valence-electron chi connectivity index (χ3n) is 3.44. The molecule has 1 aromatic carbocycles. The minimum atomic E-state index is -0.224. The molecule has 1 aliphatic carbocycles. The van der Waals surface area contributed by atoms with E-state index >= 15 is 0 Å². The molecule has 0 amide bonds. The van der Waals surface area contributed by atoms with Crippen molar-refractivity contribution >= 4 is 11.5 Å². The van der Waals surface area contributed by atoms with Gasteiger partial charge in [0.2, 0.25) is 0 Å². The van der Waals surface area contributed by atoms with Gasteiger partial charge in [0.05, 0.1) is 11.3 Å². The first-order valence-electron chi connectivity index (χ1n) is 6.41. The fourth-order valence-electron chi connectivity index (χ4n) is 2.44. The molecule has 0 saturated heterocycles. The van der Waals surface area contributed by atoms with Gasteiger partial charge in [-0.2, -0.15) is 0 Å². The van der Waals surface area contributed by atoms with Crippen LogP contribution < -0.4 is 0 Å². The van der Waals surface area contributed by atoms with Crippen LogP contribution >= 0.6 is 0 Å². The van der Waals surface area contributed by atoms with Crippen LogP contribution in [0.4, 0.5) is 0 Å². The molecule has 0 unspecified atom stereocenters. The number of ketones is 1. The maximum atomic E-state index is 12.1. The number of aliphatic hydroxyl groups excluding tert-OH is 1. The van der Waals surface area contributed by atoms with Crippen molar-refractivity contribution in [1.82, 2.24) is 0 Å². The number of benzene rings is 1. The van der Waals surface area contributed by atoms with E-state index in [1.165, 1.54) is 0 Å². The largest absolute Gasteiger partial charge is 0.511 e. The Morgan fingerprint density at radius 2 is 1.79 bits per heavy atom. The molecular formula is C16H19NO2. The van der Waals surface area contributed by atoms with Crippen molar-refractivity contribution in [2.24, 2.45) is 5.41 Å². The Bertz CT molecular complexity index is 565. The lowest BCUT2D eigenvalue weighted by atomic mass is 9.75. The van der Waals surface area contributed by atoms with Crippen LogP contribution in [-0.4, -0.2) is 16.6 Å². The number of Topliss-reactive ketones (excluding diaryl/α,β-unsaturated/α-hetero) is 1. The van der Waals surface area contributed by atoms with Crippen molar-refractivity contribution in [2.75, 3.05) is 0 Å². The molecule has 1 aliphatic rings. The van der Waals surface area contributed by atoms with Gasteiger partial charge in [-0.15, -0.1) is 0 Å². The maximum Gasteiger partial charge on any atom is 0.168 e. The van der Waals surface area contributed by atoms with E-state index < -0.39 is 0 Å². The number of hydrogen-bond acceptors (Lipinski definition) is 3. The smallest absolute Gasteiger partial charge is 0.168 e. The standard InChI is InChI=1S/C16H19NO2/c1-10-4-6-11(7-5-10)15(17)14-12(18)8-16(2,3)9-13(14)19/h4-7,17-18H,8-9H2,1-3H3. The lowest BCUT2D eigenvalue weighted by Gasteiger charge is -2.29. The van der Waals surface area contributed by atoms with Crippen molar-refractivity contribution < 1.29 is 9.90 Å². The molecule has 3 heteroatoms. The normalized spacial score (nSPS) is 18.6. The minimum absolute atomic E-state index is 0.0480. The molecular weight excluding hydrogens is 238 g/mol. The van der Waals surface area contributed by atoms with E-state index in [0.29, 0.717) is 18.4 Å². The van der Waals surface area contributed by atoms with Crippen LogP contribution in [0.3, 0.4) is 0 Å². The number of nitrogens with one attached hydrogen (secondary N) is 1. The van der Waals surface area contributed by atoms with Gasteiger partial charge in [0.15, 0.2) is 5.78 Å². The van der Waals surface area contributed by atoms with Gasteiger partial charge in [-0.1, -0.05) is 43.7 Å². The average Bonchev–Trinajstić information content (AvgIpc) is 2.26. The Hall–Kier alpha value is -1.90. The monoisotopic (exact) mass is 257 g/mol. The molecule has 3 nitrogen and oxygen atoms in total. The molecule has 1 aromatic rings. The molecule has 2 rings (SSSR count).